The van der Waals surface area contributed by atoms with E-state index in [9.17, 15) is 0 Å². The van der Waals surface area contributed by atoms with Crippen molar-refractivity contribution < 1.29 is 0 Å². The van der Waals surface area contributed by atoms with Gasteiger partial charge in [-0.25, -0.2) is 0 Å². The van der Waals surface area contributed by atoms with Crippen LogP contribution in [0.1, 0.15) is 0 Å². The molecule has 1 rings (SSSR count). The highest BCUT2D eigenvalue weighted by atomic mass is 15.2. The molecule has 1 aromatic heterocycles. The van der Waals surface area contributed by atoms with Crippen molar-refractivity contribution in [1.82, 2.24) is 10.2 Å². The van der Waals surface area contributed by atoms with Crippen LogP contribution in [0.3, 0.4) is 0 Å². The number of H-pyrrole nitrogens is 1. The van der Waals surface area contributed by atoms with Crippen molar-refractivity contribution in [2.24, 2.45) is 5.84 Å². The quantitative estimate of drug-likeness (QED) is 0.333. The fourth-order valence-electron chi connectivity index (χ4n) is 0.330. The lowest BCUT2D eigenvalue weighted by molar-refractivity contribution is 1.09. The van der Waals surface area contributed by atoms with Crippen LogP contribution in [0, 0.1) is 0 Å². The first-order valence-electron chi connectivity index (χ1n) is 1.89. The maximum absolute atomic E-state index is 4.98. The molecule has 0 spiro atoms. The molecule has 7 heavy (non-hydrogen) atoms. The summed E-state index contributed by atoms with van der Waals surface area (Å²) in [6, 6.07) is 0. The molecule has 4 heteroatoms. The smallest absolute Gasteiger partial charge is 0.0865 e. The molecule has 1 heterocycles. The monoisotopic (exact) mass is 98.1 g/mol. The summed E-state index contributed by atoms with van der Waals surface area (Å²) in [5, 5.41) is 6.21. The summed E-state index contributed by atoms with van der Waals surface area (Å²) >= 11 is 0. The highest BCUT2D eigenvalue weighted by Crippen LogP contribution is 1.94. The number of hydrogen-bond acceptors (Lipinski definition) is 3. The van der Waals surface area contributed by atoms with E-state index >= 15 is 0 Å². The first kappa shape index (κ1) is 4.14. The standard InChI is InChI=1S/C3H6N4/c4-7-3-1-5-6-2-3/h1-2,7H,4H2,(H,5,6). The number of rotatable bonds is 1. The van der Waals surface area contributed by atoms with E-state index in [4.69, 9.17) is 5.84 Å². The molecule has 0 radical (unpaired) electrons. The molecular weight excluding hydrogens is 92.1 g/mol. The molecule has 38 valence electrons. The lowest BCUT2D eigenvalue weighted by Gasteiger charge is -1.84. The number of anilines is 1. The Labute approximate surface area is 40.7 Å². The van der Waals surface area contributed by atoms with E-state index < -0.39 is 0 Å². The average Bonchev–Trinajstić information content (AvgIpc) is 2.14. The molecule has 1 aromatic rings. The van der Waals surface area contributed by atoms with Gasteiger partial charge in [-0.2, -0.15) is 5.10 Å². The number of aromatic nitrogens is 2. The second-order valence-corrected chi connectivity index (χ2v) is 1.13. The van der Waals surface area contributed by atoms with Gasteiger partial charge in [-0.3, -0.25) is 10.9 Å². The van der Waals surface area contributed by atoms with E-state index in [1.807, 2.05) is 0 Å². The topological polar surface area (TPSA) is 66.7 Å². The molecule has 0 saturated carbocycles. The van der Waals surface area contributed by atoms with Crippen molar-refractivity contribution in [3.05, 3.63) is 12.4 Å². The summed E-state index contributed by atoms with van der Waals surface area (Å²) in [5.41, 5.74) is 3.20. The van der Waals surface area contributed by atoms with Gasteiger partial charge in [-0.1, -0.05) is 0 Å². The third-order valence-corrected chi connectivity index (χ3v) is 0.665. The zero-order valence-electron chi connectivity index (χ0n) is 3.68. The molecular formula is C3H6N4. The van der Waals surface area contributed by atoms with Gasteiger partial charge in [0.1, 0.15) is 0 Å². The summed E-state index contributed by atoms with van der Waals surface area (Å²) in [4.78, 5) is 0. The molecule has 0 aromatic carbocycles. The minimum Gasteiger partial charge on any atom is -0.321 e. The van der Waals surface area contributed by atoms with E-state index in [0.29, 0.717) is 0 Å². The van der Waals surface area contributed by atoms with Gasteiger partial charge in [0.15, 0.2) is 0 Å². The number of hydrazine groups is 1. The van der Waals surface area contributed by atoms with Crippen LogP contribution < -0.4 is 11.3 Å². The molecule has 0 atom stereocenters. The Morgan fingerprint density at radius 1 is 1.86 bits per heavy atom. The number of nitrogens with two attached hydrogens (primary N) is 1. The first-order chi connectivity index (χ1) is 3.43. The van der Waals surface area contributed by atoms with Gasteiger partial charge in [-0.05, 0) is 0 Å². The molecule has 0 unspecified atom stereocenters. The van der Waals surface area contributed by atoms with Crippen molar-refractivity contribution in [3.63, 3.8) is 0 Å². The summed E-state index contributed by atoms with van der Waals surface area (Å²) in [6.07, 6.45) is 3.26. The molecule has 0 aliphatic rings. The van der Waals surface area contributed by atoms with Crippen LogP contribution in [0.25, 0.3) is 0 Å². The number of nitrogens with one attached hydrogen (secondary N) is 2. The lowest BCUT2D eigenvalue weighted by Crippen LogP contribution is -2.04. The third kappa shape index (κ3) is 0.690. The number of hydrogen-bond donors (Lipinski definition) is 3. The SMILES string of the molecule is NNc1cn[nH]c1. The van der Waals surface area contributed by atoms with Crippen molar-refractivity contribution in [2.75, 3.05) is 5.43 Å². The van der Waals surface area contributed by atoms with Crippen molar-refractivity contribution >= 4 is 5.69 Å². The van der Waals surface area contributed by atoms with Crippen LogP contribution in [0.15, 0.2) is 12.4 Å². The third-order valence-electron chi connectivity index (χ3n) is 0.665. The summed E-state index contributed by atoms with van der Waals surface area (Å²) in [7, 11) is 0. The predicted molar refractivity (Wildman–Crippen MR) is 26.4 cm³/mol. The van der Waals surface area contributed by atoms with Crippen LogP contribution >= 0.6 is 0 Å². The average molecular weight is 98.1 g/mol. The maximum Gasteiger partial charge on any atom is 0.0865 e. The Morgan fingerprint density at radius 2 is 2.71 bits per heavy atom. The maximum atomic E-state index is 4.98. The molecule has 0 amide bonds. The minimum atomic E-state index is 0.792. The van der Waals surface area contributed by atoms with Crippen LogP contribution in [-0.2, 0) is 0 Å². The van der Waals surface area contributed by atoms with E-state index in [0.717, 1.165) is 5.69 Å². The van der Waals surface area contributed by atoms with Crippen molar-refractivity contribution in [1.29, 1.82) is 0 Å². The van der Waals surface area contributed by atoms with Crippen LogP contribution in [-0.4, -0.2) is 10.2 Å². The lowest BCUT2D eigenvalue weighted by atomic mass is 10.6. The molecule has 0 fully saturated rings. The van der Waals surface area contributed by atoms with Gasteiger partial charge in [-0.15, -0.1) is 0 Å². The fourth-order valence-corrected chi connectivity index (χ4v) is 0.330. The minimum absolute atomic E-state index is 0.792. The summed E-state index contributed by atoms with van der Waals surface area (Å²) in [6.45, 7) is 0. The zero-order valence-corrected chi connectivity index (χ0v) is 3.68. The van der Waals surface area contributed by atoms with Crippen molar-refractivity contribution in [2.45, 2.75) is 0 Å². The van der Waals surface area contributed by atoms with Crippen LogP contribution in [0.2, 0.25) is 0 Å². The van der Waals surface area contributed by atoms with Crippen molar-refractivity contribution in [3.8, 4) is 0 Å². The van der Waals surface area contributed by atoms with E-state index in [-0.39, 0.29) is 0 Å². The van der Waals surface area contributed by atoms with E-state index in [1.54, 1.807) is 12.4 Å². The van der Waals surface area contributed by atoms with E-state index in [2.05, 4.69) is 15.6 Å². The van der Waals surface area contributed by atoms with Crippen LogP contribution in [0.5, 0.6) is 0 Å². The highest BCUT2D eigenvalue weighted by molar-refractivity contribution is 5.35. The van der Waals surface area contributed by atoms with Gasteiger partial charge < -0.3 is 5.43 Å². The molecule has 4 N–H and O–H groups in total. The molecule has 0 saturated heterocycles. The fraction of sp³-hybridized carbons (Fsp3) is 0. The number of nitrogens with zero attached hydrogens (tertiary/aromatic N) is 1. The molecule has 0 aliphatic heterocycles. The van der Waals surface area contributed by atoms with Gasteiger partial charge in [0.25, 0.3) is 0 Å². The summed E-state index contributed by atoms with van der Waals surface area (Å²) in [5.74, 6) is 4.98. The van der Waals surface area contributed by atoms with Gasteiger partial charge in [0, 0.05) is 6.20 Å². The van der Waals surface area contributed by atoms with Gasteiger partial charge in [0.05, 0.1) is 11.9 Å². The Balaban J connectivity index is 2.76. The molecule has 4 nitrogen and oxygen atoms in total. The first-order valence-corrected chi connectivity index (χ1v) is 1.89. The molecule has 0 aliphatic carbocycles. The largest absolute Gasteiger partial charge is 0.321 e. The Kier molecular flexibility index (Phi) is 0.953. The van der Waals surface area contributed by atoms with E-state index in [1.165, 1.54) is 0 Å². The second kappa shape index (κ2) is 1.61. The second-order valence-electron chi connectivity index (χ2n) is 1.13. The zero-order chi connectivity index (χ0) is 5.11. The Bertz CT molecular complexity index is 121. The van der Waals surface area contributed by atoms with Crippen LogP contribution in [0.4, 0.5) is 5.69 Å². The Morgan fingerprint density at radius 3 is 3.00 bits per heavy atom. The highest BCUT2D eigenvalue weighted by Gasteiger charge is 1.81. The number of nitrogen functional groups attached to an aromatic ring is 1. The van der Waals surface area contributed by atoms with Gasteiger partial charge in [0.2, 0.25) is 0 Å². The van der Waals surface area contributed by atoms with Gasteiger partial charge >= 0.3 is 0 Å². The normalized spacial score (nSPS) is 8.71. The Hall–Kier alpha value is -1.03. The molecule has 0 bridgehead atoms. The number of aromatic amines is 1. The predicted octanol–water partition coefficient (Wildman–Crippen LogP) is -0.305. The summed E-state index contributed by atoms with van der Waals surface area (Å²) < 4.78 is 0.